The molecule has 0 atom stereocenters. The molecule has 0 aromatic heterocycles. The quantitative estimate of drug-likeness (QED) is 0.811. The maximum atomic E-state index is 5.82. The van der Waals surface area contributed by atoms with Gasteiger partial charge in [0.25, 0.3) is 0 Å². The van der Waals surface area contributed by atoms with Crippen molar-refractivity contribution in [1.82, 2.24) is 5.32 Å². The summed E-state index contributed by atoms with van der Waals surface area (Å²) >= 11 is 1.75. The Bertz CT molecular complexity index is 510. The van der Waals surface area contributed by atoms with Crippen LogP contribution in [0, 0.1) is 0 Å². The van der Waals surface area contributed by atoms with E-state index in [-0.39, 0.29) is 0 Å². The lowest BCUT2D eigenvalue weighted by atomic mass is 10.2. The third kappa shape index (κ3) is 4.30. The van der Waals surface area contributed by atoms with Gasteiger partial charge in [-0.3, -0.25) is 0 Å². The van der Waals surface area contributed by atoms with E-state index in [9.17, 15) is 0 Å². The van der Waals surface area contributed by atoms with Crippen LogP contribution < -0.4 is 10.1 Å². The van der Waals surface area contributed by atoms with Gasteiger partial charge in [-0.1, -0.05) is 24.3 Å². The van der Waals surface area contributed by atoms with E-state index in [1.54, 1.807) is 11.8 Å². The number of hydrogen-bond donors (Lipinski definition) is 1. The van der Waals surface area contributed by atoms with Crippen LogP contribution in [-0.4, -0.2) is 13.3 Å². The van der Waals surface area contributed by atoms with Gasteiger partial charge in [0.1, 0.15) is 12.4 Å². The fourth-order valence-corrected chi connectivity index (χ4v) is 2.25. The first-order chi connectivity index (χ1) is 9.31. The molecule has 3 heteroatoms. The van der Waals surface area contributed by atoms with E-state index in [2.05, 4.69) is 48.0 Å². The number of benzene rings is 2. The maximum absolute atomic E-state index is 5.82. The van der Waals surface area contributed by atoms with Gasteiger partial charge in [0.05, 0.1) is 0 Å². The van der Waals surface area contributed by atoms with Crippen LogP contribution in [0.4, 0.5) is 0 Å². The summed E-state index contributed by atoms with van der Waals surface area (Å²) in [5, 5.41) is 3.14. The molecule has 0 saturated heterocycles. The van der Waals surface area contributed by atoms with Crippen LogP contribution in [0.25, 0.3) is 0 Å². The van der Waals surface area contributed by atoms with Gasteiger partial charge >= 0.3 is 0 Å². The minimum absolute atomic E-state index is 0.609. The zero-order chi connectivity index (χ0) is 13.5. The van der Waals surface area contributed by atoms with Gasteiger partial charge in [-0.2, -0.15) is 0 Å². The molecule has 0 heterocycles. The molecule has 0 aliphatic rings. The fraction of sp³-hybridized carbons (Fsp3) is 0.250. The third-order valence-electron chi connectivity index (χ3n) is 2.84. The zero-order valence-electron chi connectivity index (χ0n) is 11.3. The normalized spacial score (nSPS) is 10.4. The molecule has 19 heavy (non-hydrogen) atoms. The predicted octanol–water partition coefficient (Wildman–Crippen LogP) is 3.71. The van der Waals surface area contributed by atoms with E-state index >= 15 is 0 Å². The molecule has 0 spiro atoms. The molecule has 0 amide bonds. The highest BCUT2D eigenvalue weighted by Crippen LogP contribution is 2.18. The van der Waals surface area contributed by atoms with Gasteiger partial charge < -0.3 is 10.1 Å². The minimum Gasteiger partial charge on any atom is -0.489 e. The fourth-order valence-electron chi connectivity index (χ4n) is 1.84. The van der Waals surface area contributed by atoms with Gasteiger partial charge in [-0.05, 0) is 48.7 Å². The van der Waals surface area contributed by atoms with Crippen molar-refractivity contribution in [1.29, 1.82) is 0 Å². The van der Waals surface area contributed by atoms with Gasteiger partial charge in [-0.15, -0.1) is 11.8 Å². The van der Waals surface area contributed by atoms with E-state index in [4.69, 9.17) is 4.74 Å². The van der Waals surface area contributed by atoms with E-state index in [1.165, 1.54) is 16.0 Å². The Morgan fingerprint density at radius 1 is 1.05 bits per heavy atom. The standard InChI is InChI=1S/C16H19NOS/c1-17-11-14-4-3-5-15(10-14)18-12-13-6-8-16(19-2)9-7-13/h3-10,17H,11-12H2,1-2H3. The molecule has 0 unspecified atom stereocenters. The summed E-state index contributed by atoms with van der Waals surface area (Å²) in [7, 11) is 1.95. The molecular formula is C16H19NOS. The van der Waals surface area contributed by atoms with Gasteiger partial charge in [0, 0.05) is 11.4 Å². The Morgan fingerprint density at radius 2 is 1.84 bits per heavy atom. The summed E-state index contributed by atoms with van der Waals surface area (Å²) in [5.41, 5.74) is 2.43. The molecule has 0 fully saturated rings. The molecule has 2 nitrogen and oxygen atoms in total. The van der Waals surface area contributed by atoms with Crippen LogP contribution in [0.15, 0.2) is 53.4 Å². The molecule has 2 aromatic rings. The SMILES string of the molecule is CNCc1cccc(OCc2ccc(SC)cc2)c1. The average Bonchev–Trinajstić information content (AvgIpc) is 2.46. The van der Waals surface area contributed by atoms with E-state index < -0.39 is 0 Å². The Hall–Kier alpha value is -1.45. The van der Waals surface area contributed by atoms with Crippen molar-refractivity contribution in [3.63, 3.8) is 0 Å². The second kappa shape index (κ2) is 7.22. The Balaban J connectivity index is 1.95. The summed E-state index contributed by atoms with van der Waals surface area (Å²) in [4.78, 5) is 1.28. The van der Waals surface area contributed by atoms with Crippen molar-refractivity contribution in [2.75, 3.05) is 13.3 Å². The largest absolute Gasteiger partial charge is 0.489 e. The highest BCUT2D eigenvalue weighted by atomic mass is 32.2. The number of hydrogen-bond acceptors (Lipinski definition) is 3. The first kappa shape index (κ1) is 14.0. The van der Waals surface area contributed by atoms with Crippen molar-refractivity contribution in [3.05, 3.63) is 59.7 Å². The molecule has 0 radical (unpaired) electrons. The van der Waals surface area contributed by atoms with E-state index in [1.807, 2.05) is 19.2 Å². The van der Waals surface area contributed by atoms with Crippen LogP contribution in [0.1, 0.15) is 11.1 Å². The van der Waals surface area contributed by atoms with Crippen LogP contribution >= 0.6 is 11.8 Å². The molecule has 2 rings (SSSR count). The molecule has 0 saturated carbocycles. The molecule has 2 aromatic carbocycles. The Kier molecular flexibility index (Phi) is 5.31. The lowest BCUT2D eigenvalue weighted by Gasteiger charge is -2.08. The number of ether oxygens (including phenoxy) is 1. The Morgan fingerprint density at radius 3 is 2.53 bits per heavy atom. The van der Waals surface area contributed by atoms with Crippen molar-refractivity contribution < 1.29 is 4.74 Å². The monoisotopic (exact) mass is 273 g/mol. The second-order valence-electron chi connectivity index (χ2n) is 4.31. The minimum atomic E-state index is 0.609. The van der Waals surface area contributed by atoms with Gasteiger partial charge in [-0.25, -0.2) is 0 Å². The number of thioether (sulfide) groups is 1. The first-order valence-corrected chi connectivity index (χ1v) is 7.53. The molecule has 0 aliphatic heterocycles. The second-order valence-corrected chi connectivity index (χ2v) is 5.19. The molecule has 0 aliphatic carbocycles. The van der Waals surface area contributed by atoms with Gasteiger partial charge in [0.15, 0.2) is 0 Å². The summed E-state index contributed by atoms with van der Waals surface area (Å²) in [6.45, 7) is 1.47. The number of nitrogens with one attached hydrogen (secondary N) is 1. The van der Waals surface area contributed by atoms with Gasteiger partial charge in [0.2, 0.25) is 0 Å². The highest BCUT2D eigenvalue weighted by molar-refractivity contribution is 7.98. The smallest absolute Gasteiger partial charge is 0.120 e. The van der Waals surface area contributed by atoms with Crippen molar-refractivity contribution >= 4 is 11.8 Å². The van der Waals surface area contributed by atoms with Crippen LogP contribution in [0.5, 0.6) is 5.75 Å². The van der Waals surface area contributed by atoms with E-state index in [0.717, 1.165) is 12.3 Å². The summed E-state index contributed by atoms with van der Waals surface area (Å²) in [6.07, 6.45) is 2.08. The lowest BCUT2D eigenvalue weighted by molar-refractivity contribution is 0.306. The molecule has 1 N–H and O–H groups in total. The lowest BCUT2D eigenvalue weighted by Crippen LogP contribution is -2.05. The summed E-state index contributed by atoms with van der Waals surface area (Å²) in [5.74, 6) is 0.918. The van der Waals surface area contributed by atoms with E-state index in [0.29, 0.717) is 6.61 Å². The predicted molar refractivity (Wildman–Crippen MR) is 81.8 cm³/mol. The summed E-state index contributed by atoms with van der Waals surface area (Å²) < 4.78 is 5.82. The summed E-state index contributed by atoms with van der Waals surface area (Å²) in [6, 6.07) is 16.7. The number of rotatable bonds is 6. The highest BCUT2D eigenvalue weighted by Gasteiger charge is 1.98. The maximum Gasteiger partial charge on any atom is 0.120 e. The topological polar surface area (TPSA) is 21.3 Å². The van der Waals surface area contributed by atoms with Crippen molar-refractivity contribution in [2.24, 2.45) is 0 Å². The zero-order valence-corrected chi connectivity index (χ0v) is 12.2. The van der Waals surface area contributed by atoms with Crippen molar-refractivity contribution in [2.45, 2.75) is 18.0 Å². The molecular weight excluding hydrogens is 254 g/mol. The van der Waals surface area contributed by atoms with Crippen LogP contribution in [0.2, 0.25) is 0 Å². The Labute approximate surface area is 119 Å². The molecule has 100 valence electrons. The third-order valence-corrected chi connectivity index (χ3v) is 3.59. The van der Waals surface area contributed by atoms with Crippen molar-refractivity contribution in [3.8, 4) is 5.75 Å². The first-order valence-electron chi connectivity index (χ1n) is 6.31. The molecule has 0 bridgehead atoms. The average molecular weight is 273 g/mol. The van der Waals surface area contributed by atoms with Crippen LogP contribution in [0.3, 0.4) is 0 Å². The van der Waals surface area contributed by atoms with Crippen LogP contribution in [-0.2, 0) is 13.2 Å².